The molecule has 0 atom stereocenters. The van der Waals surface area contributed by atoms with E-state index < -0.39 is 5.63 Å². The lowest BCUT2D eigenvalue weighted by Crippen LogP contribution is -2.00. The Bertz CT molecular complexity index is 972. The van der Waals surface area contributed by atoms with Crippen LogP contribution in [0.4, 0.5) is 0 Å². The third kappa shape index (κ3) is 3.07. The van der Waals surface area contributed by atoms with Crippen molar-refractivity contribution in [2.75, 3.05) is 0 Å². The van der Waals surface area contributed by atoms with Crippen LogP contribution < -0.4 is 10.4 Å². The molecule has 2 aromatic heterocycles. The van der Waals surface area contributed by atoms with Gasteiger partial charge in [-0.15, -0.1) is 0 Å². The third-order valence-corrected chi connectivity index (χ3v) is 4.36. The van der Waals surface area contributed by atoms with Gasteiger partial charge in [0.05, 0.1) is 0 Å². The van der Waals surface area contributed by atoms with E-state index in [0.717, 1.165) is 35.3 Å². The topological polar surface area (TPSA) is 76.1 Å². The molecule has 116 valence electrons. The van der Waals surface area contributed by atoms with E-state index in [1.165, 1.54) is 6.07 Å². The van der Waals surface area contributed by atoms with Gasteiger partial charge in [0.25, 0.3) is 0 Å². The summed E-state index contributed by atoms with van der Waals surface area (Å²) in [5.41, 5.74) is 1.20. The minimum Gasteiger partial charge on any atom is -0.444 e. The molecule has 7 heteroatoms. The molecule has 0 N–H and O–H groups in total. The number of ether oxygens (including phenoxy) is 1. The number of hydrogen-bond acceptors (Lipinski definition) is 6. The molecule has 0 saturated heterocycles. The predicted molar refractivity (Wildman–Crippen MR) is 88.4 cm³/mol. The Morgan fingerprint density at radius 1 is 1.43 bits per heavy atom. The summed E-state index contributed by atoms with van der Waals surface area (Å²) in [4.78, 5) is 11.7. The van der Waals surface area contributed by atoms with E-state index in [1.54, 1.807) is 12.1 Å². The first-order chi connectivity index (χ1) is 11.1. The Balaban J connectivity index is 2.03. The van der Waals surface area contributed by atoms with Crippen molar-refractivity contribution in [2.45, 2.75) is 19.8 Å². The van der Waals surface area contributed by atoms with Gasteiger partial charge >= 0.3 is 5.63 Å². The van der Waals surface area contributed by atoms with Crippen molar-refractivity contribution in [2.24, 2.45) is 0 Å². The van der Waals surface area contributed by atoms with Crippen molar-refractivity contribution in [3.8, 4) is 16.9 Å². The van der Waals surface area contributed by atoms with E-state index in [4.69, 9.17) is 26.0 Å². The quantitative estimate of drug-likeness (QED) is 0.649. The standard InChI is InChI=1S/C16H11ClN2O3S/c1-2-3-9-6-14(20)22-13-7-10(4-5-11(9)13)21-16-12(8-18)15(17)19-23-16/h4-7H,2-3H2,1H3. The summed E-state index contributed by atoms with van der Waals surface area (Å²) in [6.07, 6.45) is 1.73. The van der Waals surface area contributed by atoms with Gasteiger partial charge in [-0.25, -0.2) is 4.79 Å². The molecule has 0 bridgehead atoms. The minimum absolute atomic E-state index is 0.116. The average Bonchev–Trinajstić information content (AvgIpc) is 2.87. The molecule has 0 fully saturated rings. The van der Waals surface area contributed by atoms with Crippen LogP contribution in [0.3, 0.4) is 0 Å². The summed E-state index contributed by atoms with van der Waals surface area (Å²) < 4.78 is 14.8. The van der Waals surface area contributed by atoms with Crippen molar-refractivity contribution >= 4 is 34.1 Å². The molecule has 1 aromatic carbocycles. The molecule has 5 nitrogen and oxygen atoms in total. The number of halogens is 1. The summed E-state index contributed by atoms with van der Waals surface area (Å²) in [5, 5.41) is 10.4. The molecule has 0 radical (unpaired) electrons. The van der Waals surface area contributed by atoms with Gasteiger partial charge in [-0.05, 0) is 24.1 Å². The number of aromatic nitrogens is 1. The summed E-state index contributed by atoms with van der Waals surface area (Å²) in [5.74, 6) is 0.450. The summed E-state index contributed by atoms with van der Waals surface area (Å²) in [6.45, 7) is 2.05. The zero-order chi connectivity index (χ0) is 16.4. The van der Waals surface area contributed by atoms with E-state index in [0.29, 0.717) is 16.4 Å². The summed E-state index contributed by atoms with van der Waals surface area (Å²) in [7, 11) is 0. The molecule has 0 aliphatic rings. The van der Waals surface area contributed by atoms with E-state index in [-0.39, 0.29) is 10.7 Å². The second-order valence-electron chi connectivity index (χ2n) is 4.85. The highest BCUT2D eigenvalue weighted by Crippen LogP contribution is 2.35. The van der Waals surface area contributed by atoms with Crippen LogP contribution >= 0.6 is 23.1 Å². The number of rotatable bonds is 4. The van der Waals surface area contributed by atoms with Gasteiger partial charge < -0.3 is 9.15 Å². The number of hydrogen-bond donors (Lipinski definition) is 0. The second-order valence-corrected chi connectivity index (χ2v) is 5.94. The van der Waals surface area contributed by atoms with Crippen LogP contribution in [0.15, 0.2) is 33.5 Å². The van der Waals surface area contributed by atoms with Crippen molar-refractivity contribution in [1.29, 1.82) is 5.26 Å². The fourth-order valence-corrected chi connectivity index (χ4v) is 3.18. The highest BCUT2D eigenvalue weighted by Gasteiger charge is 2.15. The van der Waals surface area contributed by atoms with Crippen molar-refractivity contribution < 1.29 is 9.15 Å². The second kappa shape index (κ2) is 6.41. The predicted octanol–water partition coefficient (Wildman–Crippen LogP) is 4.52. The van der Waals surface area contributed by atoms with Crippen LogP contribution in [-0.4, -0.2) is 4.37 Å². The molecule has 0 aliphatic heterocycles. The van der Waals surface area contributed by atoms with Gasteiger partial charge in [-0.2, -0.15) is 9.64 Å². The van der Waals surface area contributed by atoms with Gasteiger partial charge in [-0.3, -0.25) is 0 Å². The van der Waals surface area contributed by atoms with Gasteiger partial charge in [0.1, 0.15) is 23.0 Å². The first-order valence-corrected chi connectivity index (χ1v) is 8.07. The zero-order valence-electron chi connectivity index (χ0n) is 12.1. The monoisotopic (exact) mass is 346 g/mol. The average molecular weight is 347 g/mol. The Hall–Kier alpha value is -2.36. The molecule has 0 amide bonds. The number of fused-ring (bicyclic) bond motifs is 1. The van der Waals surface area contributed by atoms with Gasteiger partial charge in [0.2, 0.25) is 5.06 Å². The maximum Gasteiger partial charge on any atom is 0.336 e. The largest absolute Gasteiger partial charge is 0.444 e. The lowest BCUT2D eigenvalue weighted by atomic mass is 10.1. The van der Waals surface area contributed by atoms with E-state index in [1.807, 2.05) is 12.1 Å². The van der Waals surface area contributed by atoms with E-state index >= 15 is 0 Å². The number of nitriles is 1. The lowest BCUT2D eigenvalue weighted by Gasteiger charge is -2.07. The highest BCUT2D eigenvalue weighted by molar-refractivity contribution is 7.08. The minimum atomic E-state index is -0.392. The number of nitrogens with zero attached hydrogens (tertiary/aromatic N) is 2. The molecule has 0 spiro atoms. The van der Waals surface area contributed by atoms with Crippen LogP contribution in [0.1, 0.15) is 24.5 Å². The molecule has 0 aliphatic carbocycles. The van der Waals surface area contributed by atoms with Gasteiger partial charge in [0, 0.05) is 29.1 Å². The third-order valence-electron chi connectivity index (χ3n) is 3.26. The molecular formula is C16H11ClN2O3S. The molecule has 2 heterocycles. The molecular weight excluding hydrogens is 336 g/mol. The molecule has 3 rings (SSSR count). The van der Waals surface area contributed by atoms with Crippen LogP contribution in [-0.2, 0) is 6.42 Å². The molecule has 0 unspecified atom stereocenters. The SMILES string of the molecule is CCCc1cc(=O)oc2cc(Oc3snc(Cl)c3C#N)ccc12. The van der Waals surface area contributed by atoms with Crippen LogP contribution in [0, 0.1) is 11.3 Å². The number of benzene rings is 1. The Morgan fingerprint density at radius 2 is 2.26 bits per heavy atom. The molecule has 3 aromatic rings. The van der Waals surface area contributed by atoms with Crippen molar-refractivity contribution in [3.63, 3.8) is 0 Å². The Kier molecular flexibility index (Phi) is 4.33. The molecule has 0 saturated carbocycles. The number of aryl methyl sites for hydroxylation is 1. The van der Waals surface area contributed by atoms with Gasteiger partial charge in [0.15, 0.2) is 5.15 Å². The lowest BCUT2D eigenvalue weighted by molar-refractivity contribution is 0.492. The molecule has 23 heavy (non-hydrogen) atoms. The van der Waals surface area contributed by atoms with Crippen molar-refractivity contribution in [1.82, 2.24) is 4.37 Å². The highest BCUT2D eigenvalue weighted by atomic mass is 35.5. The Morgan fingerprint density at radius 3 is 3.00 bits per heavy atom. The smallest absolute Gasteiger partial charge is 0.336 e. The fraction of sp³-hybridized carbons (Fsp3) is 0.188. The maximum atomic E-state index is 11.7. The summed E-state index contributed by atoms with van der Waals surface area (Å²) >= 11 is 6.82. The summed E-state index contributed by atoms with van der Waals surface area (Å²) in [6, 6.07) is 8.70. The van der Waals surface area contributed by atoms with Crippen molar-refractivity contribution in [3.05, 3.63) is 51.0 Å². The first kappa shape index (κ1) is 15.5. The maximum absolute atomic E-state index is 11.7. The van der Waals surface area contributed by atoms with Gasteiger partial charge in [-0.1, -0.05) is 24.9 Å². The zero-order valence-corrected chi connectivity index (χ0v) is 13.7. The Labute approximate surface area is 140 Å². The van der Waals surface area contributed by atoms with E-state index in [9.17, 15) is 4.79 Å². The van der Waals surface area contributed by atoms with E-state index in [2.05, 4.69) is 11.3 Å². The van der Waals surface area contributed by atoms with Crippen LogP contribution in [0.25, 0.3) is 11.0 Å². The van der Waals surface area contributed by atoms with Crippen LogP contribution in [0.5, 0.6) is 10.8 Å². The van der Waals surface area contributed by atoms with Crippen LogP contribution in [0.2, 0.25) is 5.15 Å². The normalized spacial score (nSPS) is 10.7. The first-order valence-electron chi connectivity index (χ1n) is 6.92. The fourth-order valence-electron chi connectivity index (χ4n) is 2.28.